The molecule has 1 saturated heterocycles. The normalized spacial score (nSPS) is 20.5. The third kappa shape index (κ3) is 4.29. The summed E-state index contributed by atoms with van der Waals surface area (Å²) in [5, 5.41) is 18.7. The first-order valence-corrected chi connectivity index (χ1v) is 8.99. The smallest absolute Gasteiger partial charge is 0.396 e. The highest BCUT2D eigenvalue weighted by Gasteiger charge is 2.36. The van der Waals surface area contributed by atoms with E-state index in [1.807, 2.05) is 11.9 Å². The number of hydrogen-bond donors (Lipinski definition) is 3. The van der Waals surface area contributed by atoms with E-state index in [-0.39, 0.29) is 47.6 Å². The number of aliphatic hydroxyl groups is 2. The molecule has 1 aliphatic rings. The van der Waals surface area contributed by atoms with Crippen LogP contribution in [0.1, 0.15) is 16.2 Å². The molecule has 1 fully saturated rings. The van der Waals surface area contributed by atoms with Crippen LogP contribution in [0.5, 0.6) is 0 Å². The summed E-state index contributed by atoms with van der Waals surface area (Å²) < 4.78 is 38.4. The summed E-state index contributed by atoms with van der Waals surface area (Å²) in [4.78, 5) is 22.1. The molecule has 7 nitrogen and oxygen atoms in total. The Hall–Kier alpha value is -2.17. The van der Waals surface area contributed by atoms with Crippen LogP contribution in [0.2, 0.25) is 0 Å². The van der Waals surface area contributed by atoms with E-state index in [1.54, 1.807) is 4.90 Å². The van der Waals surface area contributed by atoms with Gasteiger partial charge >= 0.3 is 6.18 Å². The van der Waals surface area contributed by atoms with Gasteiger partial charge in [-0.1, -0.05) is 0 Å². The average Bonchev–Trinajstić information content (AvgIpc) is 3.24. The number of hydrogen-bond acceptors (Lipinski definition) is 5. The number of amides is 1. The Labute approximate surface area is 159 Å². The van der Waals surface area contributed by atoms with Gasteiger partial charge in [-0.15, -0.1) is 0 Å². The topological polar surface area (TPSA) is 92.7 Å². The van der Waals surface area contributed by atoms with Crippen molar-refractivity contribution in [2.24, 2.45) is 11.8 Å². The molecule has 3 rings (SSSR count). The summed E-state index contributed by atoms with van der Waals surface area (Å²) in [6.45, 7) is 1.91. The minimum Gasteiger partial charge on any atom is -0.396 e. The Kier molecular flexibility index (Phi) is 5.92. The Bertz CT molecular complexity index is 839. The number of halogens is 3. The van der Waals surface area contributed by atoms with E-state index in [9.17, 15) is 23.1 Å². The average molecular weight is 400 g/mol. The van der Waals surface area contributed by atoms with E-state index in [0.29, 0.717) is 26.2 Å². The zero-order chi connectivity index (χ0) is 20.5. The molecule has 1 aliphatic heterocycles. The number of carbonyl (C=O) groups is 1. The van der Waals surface area contributed by atoms with Crippen LogP contribution in [0.4, 0.5) is 13.2 Å². The van der Waals surface area contributed by atoms with Crippen molar-refractivity contribution in [3.63, 3.8) is 0 Å². The summed E-state index contributed by atoms with van der Waals surface area (Å²) >= 11 is 0. The summed E-state index contributed by atoms with van der Waals surface area (Å²) in [5.41, 5.74) is 0.559. The number of aromatic amines is 1. The third-order valence-electron chi connectivity index (χ3n) is 5.12. The lowest BCUT2D eigenvalue weighted by atomic mass is 9.96. The van der Waals surface area contributed by atoms with Gasteiger partial charge in [0.15, 0.2) is 0 Å². The molecule has 3 N–H and O–H groups in total. The number of H-pyrrole nitrogens is 1. The largest absolute Gasteiger partial charge is 0.449 e. The SMILES string of the molecule is CN(CCO)CC1CN(C(=O)c2ccc3nc(C(F)(F)F)[nH]c3c2)CC1CO. The number of nitrogens with zero attached hydrogens (tertiary/aromatic N) is 3. The number of imidazole rings is 1. The number of benzene rings is 1. The van der Waals surface area contributed by atoms with Crippen molar-refractivity contribution in [2.75, 3.05) is 46.4 Å². The number of aromatic nitrogens is 2. The predicted molar refractivity (Wildman–Crippen MR) is 95.6 cm³/mol. The highest BCUT2D eigenvalue weighted by atomic mass is 19.4. The van der Waals surface area contributed by atoms with Crippen LogP contribution >= 0.6 is 0 Å². The maximum absolute atomic E-state index is 12.8. The summed E-state index contributed by atoms with van der Waals surface area (Å²) in [7, 11) is 1.86. The molecular formula is C18H23F3N4O3. The summed E-state index contributed by atoms with van der Waals surface area (Å²) in [5.74, 6) is -1.42. The first-order chi connectivity index (χ1) is 13.2. The van der Waals surface area contributed by atoms with Crippen molar-refractivity contribution >= 4 is 16.9 Å². The Balaban J connectivity index is 1.76. The van der Waals surface area contributed by atoms with Gasteiger partial charge in [0.05, 0.1) is 17.6 Å². The number of nitrogens with one attached hydrogen (secondary N) is 1. The molecule has 28 heavy (non-hydrogen) atoms. The summed E-state index contributed by atoms with van der Waals surface area (Å²) in [6, 6.07) is 4.23. The van der Waals surface area contributed by atoms with Crippen molar-refractivity contribution in [2.45, 2.75) is 6.18 Å². The van der Waals surface area contributed by atoms with E-state index < -0.39 is 12.0 Å². The monoisotopic (exact) mass is 400 g/mol. The second-order valence-corrected chi connectivity index (χ2v) is 7.21. The maximum atomic E-state index is 12.8. The fourth-order valence-corrected chi connectivity index (χ4v) is 3.64. The van der Waals surface area contributed by atoms with Crippen LogP contribution in [-0.2, 0) is 6.18 Å². The molecule has 0 spiro atoms. The number of likely N-dealkylation sites (tertiary alicyclic amines) is 1. The van der Waals surface area contributed by atoms with Crippen molar-refractivity contribution < 1.29 is 28.2 Å². The van der Waals surface area contributed by atoms with E-state index >= 15 is 0 Å². The second kappa shape index (κ2) is 8.06. The molecule has 0 aliphatic carbocycles. The molecule has 1 amide bonds. The fraction of sp³-hybridized carbons (Fsp3) is 0.556. The summed E-state index contributed by atoms with van der Waals surface area (Å²) in [6.07, 6.45) is -4.58. The van der Waals surface area contributed by atoms with E-state index in [2.05, 4.69) is 9.97 Å². The van der Waals surface area contributed by atoms with Crippen molar-refractivity contribution in [1.29, 1.82) is 0 Å². The number of alkyl halides is 3. The second-order valence-electron chi connectivity index (χ2n) is 7.21. The van der Waals surface area contributed by atoms with Gasteiger partial charge < -0.3 is 25.0 Å². The zero-order valence-electron chi connectivity index (χ0n) is 15.4. The molecule has 10 heteroatoms. The molecule has 0 radical (unpaired) electrons. The standard InChI is InChI=1S/C18H23F3N4O3/c1-24(4-5-26)7-12-8-25(9-13(12)10-27)16(28)11-2-3-14-15(6-11)23-17(22-14)18(19,20)21/h2-3,6,12-13,26-27H,4-5,7-10H2,1H3,(H,22,23). The lowest BCUT2D eigenvalue weighted by Gasteiger charge is -2.23. The number of rotatable bonds is 6. The van der Waals surface area contributed by atoms with Gasteiger partial charge in [0, 0.05) is 44.3 Å². The zero-order valence-corrected chi connectivity index (χ0v) is 15.4. The fourth-order valence-electron chi connectivity index (χ4n) is 3.64. The predicted octanol–water partition coefficient (Wildman–Crippen LogP) is 1.19. The van der Waals surface area contributed by atoms with Crippen LogP contribution in [0.25, 0.3) is 11.0 Å². The highest BCUT2D eigenvalue weighted by Crippen LogP contribution is 2.30. The molecule has 1 aromatic heterocycles. The minimum atomic E-state index is -4.58. The van der Waals surface area contributed by atoms with Crippen molar-refractivity contribution in [1.82, 2.24) is 19.8 Å². The molecule has 154 valence electrons. The first-order valence-electron chi connectivity index (χ1n) is 8.99. The maximum Gasteiger partial charge on any atom is 0.449 e. The molecule has 2 atom stereocenters. The van der Waals surface area contributed by atoms with E-state index in [0.717, 1.165) is 0 Å². The highest BCUT2D eigenvalue weighted by molar-refractivity contribution is 5.97. The first kappa shape index (κ1) is 20.6. The van der Waals surface area contributed by atoms with Crippen molar-refractivity contribution in [3.8, 4) is 0 Å². The lowest BCUT2D eigenvalue weighted by molar-refractivity contribution is -0.144. The third-order valence-corrected chi connectivity index (χ3v) is 5.12. The molecule has 1 aromatic carbocycles. The van der Waals surface area contributed by atoms with Crippen LogP contribution in [0.3, 0.4) is 0 Å². The van der Waals surface area contributed by atoms with E-state index in [1.165, 1.54) is 18.2 Å². The van der Waals surface area contributed by atoms with Gasteiger partial charge in [-0.3, -0.25) is 4.79 Å². The quantitative estimate of drug-likeness (QED) is 0.677. The Morgan fingerprint density at radius 1 is 1.32 bits per heavy atom. The van der Waals surface area contributed by atoms with Crippen LogP contribution in [-0.4, -0.2) is 82.3 Å². The number of aliphatic hydroxyl groups excluding tert-OH is 2. The number of carbonyl (C=O) groups excluding carboxylic acids is 1. The van der Waals surface area contributed by atoms with Gasteiger partial charge in [-0.05, 0) is 31.2 Å². The minimum absolute atomic E-state index is 0.0275. The van der Waals surface area contributed by atoms with Crippen LogP contribution < -0.4 is 0 Å². The molecular weight excluding hydrogens is 377 g/mol. The van der Waals surface area contributed by atoms with Gasteiger partial charge in [-0.25, -0.2) is 4.98 Å². The van der Waals surface area contributed by atoms with E-state index in [4.69, 9.17) is 5.11 Å². The Morgan fingerprint density at radius 2 is 2.04 bits per heavy atom. The van der Waals surface area contributed by atoms with Crippen LogP contribution in [0.15, 0.2) is 18.2 Å². The van der Waals surface area contributed by atoms with Gasteiger partial charge in [-0.2, -0.15) is 13.2 Å². The number of fused-ring (bicyclic) bond motifs is 1. The molecule has 2 unspecified atom stereocenters. The van der Waals surface area contributed by atoms with Crippen LogP contribution in [0, 0.1) is 11.8 Å². The number of likely N-dealkylation sites (N-methyl/N-ethyl adjacent to an activating group) is 1. The molecule has 0 saturated carbocycles. The van der Waals surface area contributed by atoms with Crippen molar-refractivity contribution in [3.05, 3.63) is 29.6 Å². The van der Waals surface area contributed by atoms with Gasteiger partial charge in [0.25, 0.3) is 5.91 Å². The lowest BCUT2D eigenvalue weighted by Crippen LogP contribution is -2.33. The molecule has 2 heterocycles. The molecule has 0 bridgehead atoms. The van der Waals surface area contributed by atoms with Gasteiger partial charge in [0.2, 0.25) is 5.82 Å². The molecule has 2 aromatic rings. The van der Waals surface area contributed by atoms with Gasteiger partial charge in [0.1, 0.15) is 0 Å². The Morgan fingerprint density at radius 3 is 2.68 bits per heavy atom.